The van der Waals surface area contributed by atoms with Crippen LogP contribution in [0, 0.1) is 0 Å². The molecule has 0 aromatic heterocycles. The highest BCUT2D eigenvalue weighted by Gasteiger charge is 2.19. The van der Waals surface area contributed by atoms with Crippen LogP contribution in [-0.4, -0.2) is 71.5 Å². The number of hydrogen-bond acceptors (Lipinski definition) is 4. The topological polar surface area (TPSA) is 87.1 Å². The molecular formula is C22H36N5O3+. The van der Waals surface area contributed by atoms with E-state index in [9.17, 15) is 9.59 Å². The van der Waals surface area contributed by atoms with Gasteiger partial charge in [0.05, 0.1) is 31.9 Å². The molecule has 3 amide bonds. The Hall–Kier alpha value is -2.32. The number of anilines is 2. The Balaban J connectivity index is 1.58. The van der Waals surface area contributed by atoms with Crippen LogP contribution in [0.15, 0.2) is 18.2 Å². The van der Waals surface area contributed by atoms with Gasteiger partial charge in [-0.1, -0.05) is 19.3 Å². The number of nitrogens with one attached hydrogen (secondary N) is 4. The van der Waals surface area contributed by atoms with Crippen molar-refractivity contribution in [2.45, 2.75) is 38.1 Å². The molecule has 2 fully saturated rings. The lowest BCUT2D eigenvalue weighted by atomic mass is 9.96. The highest BCUT2D eigenvalue weighted by molar-refractivity contribution is 6.01. The summed E-state index contributed by atoms with van der Waals surface area (Å²) >= 11 is 0. The molecule has 8 nitrogen and oxygen atoms in total. The van der Waals surface area contributed by atoms with Crippen LogP contribution in [0.25, 0.3) is 0 Å². The lowest BCUT2D eigenvalue weighted by Crippen LogP contribution is -3.14. The molecule has 3 rings (SSSR count). The van der Waals surface area contributed by atoms with Crippen molar-refractivity contribution in [3.8, 4) is 0 Å². The van der Waals surface area contributed by atoms with Gasteiger partial charge in [0.1, 0.15) is 13.1 Å². The van der Waals surface area contributed by atoms with Crippen LogP contribution in [-0.2, 0) is 4.74 Å². The van der Waals surface area contributed by atoms with Crippen LogP contribution in [0.1, 0.15) is 42.5 Å². The second-order valence-corrected chi connectivity index (χ2v) is 8.43. The number of carbonyl (C=O) groups is 2. The van der Waals surface area contributed by atoms with E-state index in [0.29, 0.717) is 17.8 Å². The molecule has 1 aromatic rings. The summed E-state index contributed by atoms with van der Waals surface area (Å²) in [5.41, 5.74) is 2.01. The quantitative estimate of drug-likeness (QED) is 0.529. The fourth-order valence-corrected chi connectivity index (χ4v) is 4.14. The van der Waals surface area contributed by atoms with E-state index in [2.05, 4.69) is 16.0 Å². The van der Waals surface area contributed by atoms with Gasteiger partial charge in [-0.05, 0) is 31.0 Å². The van der Waals surface area contributed by atoms with Gasteiger partial charge in [0.2, 0.25) is 0 Å². The van der Waals surface area contributed by atoms with Crippen molar-refractivity contribution >= 4 is 23.3 Å². The smallest absolute Gasteiger partial charge is 0.319 e. The molecule has 1 saturated carbocycles. The zero-order chi connectivity index (χ0) is 21.3. The van der Waals surface area contributed by atoms with Gasteiger partial charge < -0.3 is 30.5 Å². The van der Waals surface area contributed by atoms with Gasteiger partial charge in [0, 0.05) is 31.5 Å². The number of nitrogens with zero attached hydrogens (tertiary/aromatic N) is 1. The first kappa shape index (κ1) is 22.4. The Bertz CT molecular complexity index is 713. The van der Waals surface area contributed by atoms with Gasteiger partial charge in [-0.3, -0.25) is 4.79 Å². The third-order valence-electron chi connectivity index (χ3n) is 5.89. The van der Waals surface area contributed by atoms with Crippen molar-refractivity contribution in [2.75, 3.05) is 63.7 Å². The molecule has 1 aliphatic heterocycles. The fourth-order valence-electron chi connectivity index (χ4n) is 4.14. The highest BCUT2D eigenvalue weighted by Crippen LogP contribution is 2.23. The van der Waals surface area contributed by atoms with E-state index >= 15 is 0 Å². The second-order valence-electron chi connectivity index (χ2n) is 8.43. The molecule has 2 aliphatic rings. The van der Waals surface area contributed by atoms with Crippen molar-refractivity contribution < 1.29 is 19.2 Å². The first-order chi connectivity index (χ1) is 14.5. The fraction of sp³-hybridized carbons (Fsp3) is 0.636. The first-order valence-corrected chi connectivity index (χ1v) is 11.1. The van der Waals surface area contributed by atoms with Crippen LogP contribution in [0.3, 0.4) is 0 Å². The van der Waals surface area contributed by atoms with Gasteiger partial charge in [-0.25, -0.2) is 4.79 Å². The van der Waals surface area contributed by atoms with Gasteiger partial charge in [0.15, 0.2) is 0 Å². The Morgan fingerprint density at radius 2 is 1.87 bits per heavy atom. The average molecular weight is 419 g/mol. The SMILES string of the molecule is CN(C)c1ccc(NC(=O)NC2CCCCC2)cc1C(=O)NCC[NH+]1CCOCC1. The minimum atomic E-state index is -0.207. The van der Waals surface area contributed by atoms with Crippen molar-refractivity contribution in [1.29, 1.82) is 0 Å². The van der Waals surface area contributed by atoms with E-state index in [0.717, 1.165) is 51.4 Å². The maximum atomic E-state index is 12.9. The zero-order valence-corrected chi connectivity index (χ0v) is 18.3. The third kappa shape index (κ3) is 6.60. The number of urea groups is 1. The van der Waals surface area contributed by atoms with Gasteiger partial charge >= 0.3 is 6.03 Å². The standard InChI is InChI=1S/C22H35N5O3/c1-26(2)20-9-8-18(25-22(29)24-17-6-4-3-5-7-17)16-19(20)21(28)23-10-11-27-12-14-30-15-13-27/h8-9,16-17H,3-7,10-15H2,1-2H3,(H,23,28)(H2,24,25,29)/p+1. The van der Waals surface area contributed by atoms with Crippen molar-refractivity contribution in [3.05, 3.63) is 23.8 Å². The number of carbonyl (C=O) groups excluding carboxylic acids is 2. The summed E-state index contributed by atoms with van der Waals surface area (Å²) in [6, 6.07) is 5.50. The molecule has 166 valence electrons. The predicted molar refractivity (Wildman–Crippen MR) is 119 cm³/mol. The summed E-state index contributed by atoms with van der Waals surface area (Å²) in [7, 11) is 3.82. The van der Waals surface area contributed by atoms with Gasteiger partial charge in [0.25, 0.3) is 5.91 Å². The average Bonchev–Trinajstić information content (AvgIpc) is 2.75. The zero-order valence-electron chi connectivity index (χ0n) is 18.3. The summed E-state index contributed by atoms with van der Waals surface area (Å²) < 4.78 is 5.38. The van der Waals surface area contributed by atoms with Crippen LogP contribution in [0.4, 0.5) is 16.2 Å². The molecule has 4 N–H and O–H groups in total. The molecule has 0 unspecified atom stereocenters. The molecule has 1 saturated heterocycles. The third-order valence-corrected chi connectivity index (χ3v) is 5.89. The van der Waals surface area contributed by atoms with E-state index < -0.39 is 0 Å². The van der Waals surface area contributed by atoms with E-state index in [1.165, 1.54) is 24.2 Å². The highest BCUT2D eigenvalue weighted by atomic mass is 16.5. The number of hydrogen-bond donors (Lipinski definition) is 4. The van der Waals surface area contributed by atoms with E-state index in [1.807, 2.05) is 31.1 Å². The summed E-state index contributed by atoms with van der Waals surface area (Å²) in [4.78, 5) is 28.6. The normalized spacial score (nSPS) is 17.9. The molecule has 1 heterocycles. The summed E-state index contributed by atoms with van der Waals surface area (Å²) in [6.07, 6.45) is 5.65. The summed E-state index contributed by atoms with van der Waals surface area (Å²) in [5, 5.41) is 8.97. The molecule has 0 radical (unpaired) electrons. The molecule has 0 bridgehead atoms. The number of rotatable bonds is 7. The Kier molecular flexibility index (Phi) is 8.33. The summed E-state index contributed by atoms with van der Waals surface area (Å²) in [6.45, 7) is 5.02. The lowest BCUT2D eigenvalue weighted by molar-refractivity contribution is -0.906. The number of benzene rings is 1. The molecule has 1 aliphatic carbocycles. The Morgan fingerprint density at radius 3 is 2.57 bits per heavy atom. The molecule has 0 spiro atoms. The molecule has 8 heteroatoms. The number of quaternary nitrogens is 1. The minimum absolute atomic E-state index is 0.123. The first-order valence-electron chi connectivity index (χ1n) is 11.1. The van der Waals surface area contributed by atoms with Crippen LogP contribution < -0.4 is 25.8 Å². The van der Waals surface area contributed by atoms with Gasteiger partial charge in [-0.15, -0.1) is 0 Å². The Labute approximate surface area is 179 Å². The van der Waals surface area contributed by atoms with E-state index in [-0.39, 0.29) is 18.0 Å². The van der Waals surface area contributed by atoms with Crippen LogP contribution in [0.5, 0.6) is 0 Å². The number of amides is 3. The van der Waals surface area contributed by atoms with Crippen LogP contribution >= 0.6 is 0 Å². The molecule has 0 atom stereocenters. The van der Waals surface area contributed by atoms with E-state index in [1.54, 1.807) is 6.07 Å². The second kappa shape index (κ2) is 11.2. The Morgan fingerprint density at radius 1 is 1.13 bits per heavy atom. The lowest BCUT2D eigenvalue weighted by Gasteiger charge is -2.24. The largest absolute Gasteiger partial charge is 0.377 e. The van der Waals surface area contributed by atoms with Crippen molar-refractivity contribution in [3.63, 3.8) is 0 Å². The van der Waals surface area contributed by atoms with Crippen LogP contribution in [0.2, 0.25) is 0 Å². The monoisotopic (exact) mass is 418 g/mol. The predicted octanol–water partition coefficient (Wildman–Crippen LogP) is 0.852. The van der Waals surface area contributed by atoms with E-state index in [4.69, 9.17) is 4.74 Å². The number of ether oxygens (including phenoxy) is 1. The van der Waals surface area contributed by atoms with Gasteiger partial charge in [-0.2, -0.15) is 0 Å². The maximum Gasteiger partial charge on any atom is 0.319 e. The minimum Gasteiger partial charge on any atom is -0.377 e. The molecule has 30 heavy (non-hydrogen) atoms. The number of morpholine rings is 1. The molecular weight excluding hydrogens is 382 g/mol. The molecule has 1 aromatic carbocycles. The van der Waals surface area contributed by atoms with Crippen molar-refractivity contribution in [2.24, 2.45) is 0 Å². The van der Waals surface area contributed by atoms with Crippen molar-refractivity contribution in [1.82, 2.24) is 10.6 Å². The maximum absolute atomic E-state index is 12.9. The summed E-state index contributed by atoms with van der Waals surface area (Å²) in [5.74, 6) is -0.123.